The number of rotatable bonds is 2. The first-order chi connectivity index (χ1) is 6.59. The van der Waals surface area contributed by atoms with Crippen molar-refractivity contribution in [3.8, 4) is 0 Å². The summed E-state index contributed by atoms with van der Waals surface area (Å²) in [7, 11) is 0. The first-order valence-electron chi connectivity index (χ1n) is 3.78. The minimum atomic E-state index is -1.04. The van der Waals surface area contributed by atoms with Crippen molar-refractivity contribution in [3.63, 3.8) is 0 Å². The normalized spacial score (nSPS) is 8.36. The summed E-state index contributed by atoms with van der Waals surface area (Å²) in [6, 6.07) is 3.00. The summed E-state index contributed by atoms with van der Waals surface area (Å²) in [6.45, 7) is 1.45. The van der Waals surface area contributed by atoms with Crippen LogP contribution in [0.15, 0.2) is 22.9 Å². The van der Waals surface area contributed by atoms with Gasteiger partial charge >= 0.3 is 6.03 Å². The van der Waals surface area contributed by atoms with Crippen LogP contribution < -0.4 is 5.73 Å². The Morgan fingerprint density at radius 3 is 2.14 bits per heavy atom. The zero-order valence-corrected chi connectivity index (χ0v) is 8.44. The van der Waals surface area contributed by atoms with Crippen LogP contribution in [0.4, 0.5) is 4.79 Å². The van der Waals surface area contributed by atoms with Gasteiger partial charge in [-0.1, -0.05) is 12.1 Å². The Bertz CT molecular complexity index is 244. The highest BCUT2D eigenvalue weighted by molar-refractivity contribution is 7.07. The van der Waals surface area contributed by atoms with E-state index >= 15 is 0 Å². The number of carbonyl (C=O) groups is 1. The second kappa shape index (κ2) is 6.84. The summed E-state index contributed by atoms with van der Waals surface area (Å²) in [5.74, 6) is 0. The minimum Gasteiger partial charge on any atom is -0.347 e. The Balaban J connectivity index is 0.000000280. The molecule has 1 heterocycles. The Kier molecular flexibility index (Phi) is 6.04. The molecule has 2 amide bonds. The third-order valence-electron chi connectivity index (χ3n) is 1.18. The first kappa shape index (κ1) is 12.4. The van der Waals surface area contributed by atoms with Crippen LogP contribution in [0.2, 0.25) is 0 Å². The van der Waals surface area contributed by atoms with Gasteiger partial charge in [0, 0.05) is 0 Å². The molecule has 14 heavy (non-hydrogen) atoms. The van der Waals surface area contributed by atoms with Gasteiger partial charge in [-0.15, -0.1) is 0 Å². The van der Waals surface area contributed by atoms with Crippen molar-refractivity contribution < 1.29 is 9.83 Å². The molecule has 0 unspecified atom stereocenters. The molecule has 0 radical (unpaired) electrons. The van der Waals surface area contributed by atoms with E-state index in [0.29, 0.717) is 5.01 Å². The number of thiophene rings is 1. The highest BCUT2D eigenvalue weighted by atomic mass is 32.1. The molecule has 78 valence electrons. The van der Waals surface area contributed by atoms with Crippen LogP contribution in [0.3, 0.4) is 0 Å². The number of hydrogen-bond acceptors (Lipinski definition) is 4. The number of nitrogens with two attached hydrogens (primary N) is 1. The molecule has 0 saturated carbocycles. The molecular formula is C7H11N3O3S. The number of carbonyl (C=O) groups excluding carboxylic acids is 1. The highest BCUT2D eigenvalue weighted by Crippen LogP contribution is 1.91. The summed E-state index contributed by atoms with van der Waals surface area (Å²) in [4.78, 5) is 19.9. The number of hydrogen-bond donors (Lipinski definition) is 1. The highest BCUT2D eigenvalue weighted by Gasteiger charge is 2.16. The lowest BCUT2D eigenvalue weighted by Crippen LogP contribution is -2.39. The molecule has 0 aromatic carbocycles. The van der Waals surface area contributed by atoms with E-state index in [-0.39, 0.29) is 6.54 Å². The van der Waals surface area contributed by atoms with Gasteiger partial charge in [0.2, 0.25) is 0 Å². The average Bonchev–Trinajstić information content (AvgIpc) is 2.59. The van der Waals surface area contributed by atoms with Crippen LogP contribution in [0.5, 0.6) is 0 Å². The van der Waals surface area contributed by atoms with E-state index in [1.165, 1.54) is 6.92 Å². The van der Waals surface area contributed by atoms with Crippen molar-refractivity contribution >= 4 is 17.4 Å². The molecule has 6 nitrogen and oxygen atoms in total. The van der Waals surface area contributed by atoms with E-state index in [0.717, 1.165) is 0 Å². The fraction of sp³-hybridized carbons (Fsp3) is 0.286. The van der Waals surface area contributed by atoms with Gasteiger partial charge in [-0.3, -0.25) is 0 Å². The molecular weight excluding hydrogens is 206 g/mol. The molecule has 0 aliphatic carbocycles. The van der Waals surface area contributed by atoms with Crippen molar-refractivity contribution in [2.75, 3.05) is 6.54 Å². The molecule has 0 saturated heterocycles. The molecule has 0 aliphatic rings. The van der Waals surface area contributed by atoms with Gasteiger partial charge < -0.3 is 5.73 Å². The maximum absolute atomic E-state index is 10.1. The van der Waals surface area contributed by atoms with Crippen LogP contribution in [0.1, 0.15) is 6.92 Å². The van der Waals surface area contributed by atoms with E-state index in [1.54, 1.807) is 11.3 Å². The Morgan fingerprint density at radius 1 is 1.57 bits per heavy atom. The van der Waals surface area contributed by atoms with Crippen LogP contribution in [0.25, 0.3) is 0 Å². The molecule has 0 bridgehead atoms. The van der Waals surface area contributed by atoms with Crippen molar-refractivity contribution in [2.45, 2.75) is 6.92 Å². The minimum absolute atomic E-state index is 0.0116. The summed E-state index contributed by atoms with van der Waals surface area (Å²) in [5.41, 5.74) is 4.59. The summed E-state index contributed by atoms with van der Waals surface area (Å²) in [5, 5.41) is 13.4. The summed E-state index contributed by atoms with van der Waals surface area (Å²) in [6.07, 6.45) is 0. The number of nitro groups is 1. The molecule has 1 aromatic rings. The smallest absolute Gasteiger partial charge is 0.347 e. The van der Waals surface area contributed by atoms with Crippen molar-refractivity contribution in [1.29, 1.82) is 0 Å². The third-order valence-corrected chi connectivity index (χ3v) is 1.80. The van der Waals surface area contributed by atoms with Gasteiger partial charge in [0.1, 0.15) is 0 Å². The van der Waals surface area contributed by atoms with E-state index in [1.807, 2.05) is 22.9 Å². The first-order valence-corrected chi connectivity index (χ1v) is 4.72. The van der Waals surface area contributed by atoms with E-state index in [9.17, 15) is 14.9 Å². The molecule has 0 aliphatic heterocycles. The van der Waals surface area contributed by atoms with E-state index in [2.05, 4.69) is 5.73 Å². The second-order valence-electron chi connectivity index (χ2n) is 2.08. The molecule has 1 aromatic heterocycles. The van der Waals surface area contributed by atoms with Gasteiger partial charge in [-0.25, -0.2) is 14.9 Å². The quantitative estimate of drug-likeness (QED) is 0.598. The number of amides is 2. The molecule has 7 heteroatoms. The van der Waals surface area contributed by atoms with Gasteiger partial charge in [0.15, 0.2) is 5.03 Å². The molecule has 0 atom stereocenters. The summed E-state index contributed by atoms with van der Waals surface area (Å²) >= 11 is 1.71. The van der Waals surface area contributed by atoms with Crippen LogP contribution in [-0.2, 0) is 0 Å². The largest absolute Gasteiger partial charge is 0.372 e. The zero-order chi connectivity index (χ0) is 11.0. The standard InChI is InChI=1S/C4H4S.C3H7N3O3/c1-2-4-5-3-1;1-2-5(3(4)7)6(8)9/h1-4H;2H2,1H3,(H2,4,7). The lowest BCUT2D eigenvalue weighted by atomic mass is 10.7. The third kappa shape index (κ3) is 5.09. The maximum atomic E-state index is 10.1. The Morgan fingerprint density at radius 2 is 2.07 bits per heavy atom. The van der Waals surface area contributed by atoms with Gasteiger partial charge in [-0.2, -0.15) is 11.3 Å². The molecule has 2 N–H and O–H groups in total. The molecule has 1 rings (SSSR count). The van der Waals surface area contributed by atoms with Crippen LogP contribution in [0, 0.1) is 10.1 Å². The summed E-state index contributed by atoms with van der Waals surface area (Å²) < 4.78 is 0. The van der Waals surface area contributed by atoms with Crippen molar-refractivity contribution in [2.24, 2.45) is 5.73 Å². The Hall–Kier alpha value is -1.63. The SMILES string of the molecule is CCN(C(N)=O)[N+](=O)[O-].c1ccsc1. The van der Waals surface area contributed by atoms with E-state index < -0.39 is 11.1 Å². The fourth-order valence-corrected chi connectivity index (χ4v) is 1.03. The second-order valence-corrected chi connectivity index (χ2v) is 2.90. The topological polar surface area (TPSA) is 89.5 Å². The zero-order valence-electron chi connectivity index (χ0n) is 7.62. The average molecular weight is 217 g/mol. The number of urea groups is 1. The Labute approximate surface area is 85.1 Å². The predicted octanol–water partition coefficient (Wildman–Crippen LogP) is 1.33. The van der Waals surface area contributed by atoms with Crippen molar-refractivity contribution in [1.82, 2.24) is 5.01 Å². The lowest BCUT2D eigenvalue weighted by molar-refractivity contribution is -0.631. The maximum Gasteiger partial charge on any atom is 0.372 e. The number of hydrazine groups is 1. The number of primary amides is 1. The predicted molar refractivity (Wildman–Crippen MR) is 53.3 cm³/mol. The van der Waals surface area contributed by atoms with Gasteiger partial charge in [0.05, 0.1) is 6.54 Å². The van der Waals surface area contributed by atoms with Crippen LogP contribution >= 0.6 is 11.3 Å². The monoisotopic (exact) mass is 217 g/mol. The number of nitrogens with zero attached hydrogens (tertiary/aromatic N) is 2. The fourth-order valence-electron chi connectivity index (χ4n) is 0.579. The van der Waals surface area contributed by atoms with Gasteiger partial charge in [0.25, 0.3) is 0 Å². The van der Waals surface area contributed by atoms with Gasteiger partial charge in [-0.05, 0) is 22.7 Å². The lowest BCUT2D eigenvalue weighted by Gasteiger charge is -2.03. The van der Waals surface area contributed by atoms with Crippen LogP contribution in [-0.4, -0.2) is 22.6 Å². The molecule has 0 fully saturated rings. The van der Waals surface area contributed by atoms with E-state index in [4.69, 9.17) is 0 Å². The van der Waals surface area contributed by atoms with Crippen molar-refractivity contribution in [3.05, 3.63) is 33.0 Å². The molecule has 0 spiro atoms.